The number of nitrogen functional groups attached to an aromatic ring is 1. The summed E-state index contributed by atoms with van der Waals surface area (Å²) in [5, 5.41) is 9.30. The van der Waals surface area contributed by atoms with Gasteiger partial charge in [0.25, 0.3) is 0 Å². The first kappa shape index (κ1) is 13.3. The molecule has 0 amide bonds. The second-order valence-corrected chi connectivity index (χ2v) is 5.18. The van der Waals surface area contributed by atoms with Crippen LogP contribution in [-0.4, -0.2) is 9.97 Å². The lowest BCUT2D eigenvalue weighted by molar-refractivity contribution is 0.627. The van der Waals surface area contributed by atoms with Crippen LogP contribution in [0.15, 0.2) is 35.6 Å². The minimum absolute atomic E-state index is 0.0629. The number of thioether (sulfide) groups is 1. The van der Waals surface area contributed by atoms with Gasteiger partial charge in [-0.3, -0.25) is 0 Å². The maximum absolute atomic E-state index is 12.8. The molecule has 0 aliphatic carbocycles. The average Bonchev–Trinajstić information content (AvgIpc) is 2.39. The molecule has 96 valence electrons. The van der Waals surface area contributed by atoms with Gasteiger partial charge in [-0.25, -0.2) is 14.4 Å². The zero-order valence-corrected chi connectivity index (χ0v) is 11.0. The Morgan fingerprint density at radius 2 is 2.05 bits per heavy atom. The fourth-order valence-corrected chi connectivity index (χ4v) is 2.35. The summed E-state index contributed by atoms with van der Waals surface area (Å²) in [7, 11) is 0. The van der Waals surface area contributed by atoms with Gasteiger partial charge in [0, 0.05) is 5.25 Å². The van der Waals surface area contributed by atoms with Crippen molar-refractivity contribution in [1.82, 2.24) is 9.97 Å². The number of nitriles is 1. The number of hydrogen-bond acceptors (Lipinski definition) is 5. The molecule has 2 rings (SSSR count). The summed E-state index contributed by atoms with van der Waals surface area (Å²) in [6.45, 7) is 1.97. The molecule has 1 aromatic heterocycles. The predicted molar refractivity (Wildman–Crippen MR) is 71.8 cm³/mol. The second kappa shape index (κ2) is 5.67. The third-order valence-corrected chi connectivity index (χ3v) is 3.57. The van der Waals surface area contributed by atoms with E-state index in [1.807, 2.05) is 13.0 Å². The molecule has 0 spiro atoms. The monoisotopic (exact) mass is 274 g/mol. The largest absolute Gasteiger partial charge is 0.382 e. The topological polar surface area (TPSA) is 75.6 Å². The maximum atomic E-state index is 12.8. The van der Waals surface area contributed by atoms with Gasteiger partial charge in [0.15, 0.2) is 5.16 Å². The zero-order valence-electron chi connectivity index (χ0n) is 10.2. The lowest BCUT2D eigenvalue weighted by Crippen LogP contribution is -1.99. The van der Waals surface area contributed by atoms with E-state index in [1.165, 1.54) is 30.1 Å². The van der Waals surface area contributed by atoms with E-state index in [1.54, 1.807) is 12.1 Å². The molecular weight excluding hydrogens is 263 g/mol. The minimum atomic E-state index is -0.264. The first-order chi connectivity index (χ1) is 9.10. The van der Waals surface area contributed by atoms with Gasteiger partial charge in [-0.05, 0) is 24.6 Å². The van der Waals surface area contributed by atoms with Gasteiger partial charge in [-0.1, -0.05) is 23.9 Å². The van der Waals surface area contributed by atoms with E-state index in [4.69, 9.17) is 11.0 Å². The fraction of sp³-hybridized carbons (Fsp3) is 0.154. The van der Waals surface area contributed by atoms with Crippen LogP contribution in [0.5, 0.6) is 0 Å². The van der Waals surface area contributed by atoms with Crippen molar-refractivity contribution in [3.05, 3.63) is 47.4 Å². The summed E-state index contributed by atoms with van der Waals surface area (Å²) in [4.78, 5) is 8.13. The maximum Gasteiger partial charge on any atom is 0.190 e. The third kappa shape index (κ3) is 3.20. The lowest BCUT2D eigenvalue weighted by Gasteiger charge is -2.10. The van der Waals surface area contributed by atoms with Crippen LogP contribution < -0.4 is 5.73 Å². The molecule has 0 fully saturated rings. The highest BCUT2D eigenvalue weighted by molar-refractivity contribution is 7.99. The second-order valence-electron chi connectivity index (χ2n) is 3.87. The van der Waals surface area contributed by atoms with Gasteiger partial charge >= 0.3 is 0 Å². The van der Waals surface area contributed by atoms with Crippen molar-refractivity contribution in [3.8, 4) is 6.07 Å². The standard InChI is InChI=1S/C13H11FN4S/c1-8(9-2-4-11(14)5-3-9)19-13-17-7-10(6-15)12(16)18-13/h2-5,7-8H,1H3,(H2,16,17,18)/t8-/m0/s1. The van der Waals surface area contributed by atoms with Gasteiger partial charge in [0.1, 0.15) is 23.3 Å². The summed E-state index contributed by atoms with van der Waals surface area (Å²) in [5.74, 6) is -0.0916. The summed E-state index contributed by atoms with van der Waals surface area (Å²) in [6.07, 6.45) is 1.40. The summed E-state index contributed by atoms with van der Waals surface area (Å²) >= 11 is 1.40. The van der Waals surface area contributed by atoms with Crippen LogP contribution >= 0.6 is 11.8 Å². The Labute approximate surface area is 114 Å². The van der Waals surface area contributed by atoms with Crippen LogP contribution in [0.3, 0.4) is 0 Å². The Kier molecular flexibility index (Phi) is 3.97. The van der Waals surface area contributed by atoms with Gasteiger partial charge in [0.05, 0.1) is 6.20 Å². The molecule has 2 N–H and O–H groups in total. The van der Waals surface area contributed by atoms with Crippen LogP contribution in [0.4, 0.5) is 10.2 Å². The van der Waals surface area contributed by atoms with Crippen LogP contribution in [0.2, 0.25) is 0 Å². The molecule has 1 aromatic carbocycles. The normalized spacial score (nSPS) is 11.8. The van der Waals surface area contributed by atoms with Crippen molar-refractivity contribution in [2.75, 3.05) is 5.73 Å². The minimum Gasteiger partial charge on any atom is -0.382 e. The van der Waals surface area contributed by atoms with Crippen molar-refractivity contribution in [3.63, 3.8) is 0 Å². The number of hydrogen-bond donors (Lipinski definition) is 1. The highest BCUT2D eigenvalue weighted by Gasteiger charge is 2.11. The summed E-state index contributed by atoms with van der Waals surface area (Å²) in [6, 6.07) is 8.19. The SMILES string of the molecule is C[C@H](Sc1ncc(C#N)c(N)n1)c1ccc(F)cc1. The van der Waals surface area contributed by atoms with E-state index in [2.05, 4.69) is 9.97 Å². The molecule has 0 unspecified atom stereocenters. The van der Waals surface area contributed by atoms with Gasteiger partial charge in [-0.2, -0.15) is 5.26 Å². The van der Waals surface area contributed by atoms with Crippen LogP contribution in [0.25, 0.3) is 0 Å². The fourth-order valence-electron chi connectivity index (χ4n) is 1.48. The molecule has 0 saturated heterocycles. The van der Waals surface area contributed by atoms with E-state index in [-0.39, 0.29) is 22.4 Å². The van der Waals surface area contributed by atoms with Crippen molar-refractivity contribution in [2.45, 2.75) is 17.3 Å². The molecule has 1 atom stereocenters. The van der Waals surface area contributed by atoms with E-state index < -0.39 is 0 Å². The molecule has 19 heavy (non-hydrogen) atoms. The Bertz CT molecular complexity index is 622. The van der Waals surface area contributed by atoms with Crippen molar-refractivity contribution < 1.29 is 4.39 Å². The number of rotatable bonds is 3. The molecule has 0 aliphatic heterocycles. The number of halogens is 1. The highest BCUT2D eigenvalue weighted by Crippen LogP contribution is 2.33. The highest BCUT2D eigenvalue weighted by atomic mass is 32.2. The number of benzene rings is 1. The molecule has 1 heterocycles. The first-order valence-electron chi connectivity index (χ1n) is 5.55. The Morgan fingerprint density at radius 3 is 2.63 bits per heavy atom. The van der Waals surface area contributed by atoms with Gasteiger partial charge in [0.2, 0.25) is 0 Å². The van der Waals surface area contributed by atoms with E-state index >= 15 is 0 Å². The molecule has 0 aliphatic rings. The molecule has 2 aromatic rings. The zero-order chi connectivity index (χ0) is 13.8. The quantitative estimate of drug-likeness (QED) is 0.688. The molecular formula is C13H11FN4S. The van der Waals surface area contributed by atoms with E-state index in [0.717, 1.165) is 5.56 Å². The molecule has 0 radical (unpaired) electrons. The number of anilines is 1. The molecule has 4 nitrogen and oxygen atoms in total. The van der Waals surface area contributed by atoms with Crippen molar-refractivity contribution in [1.29, 1.82) is 5.26 Å². The summed E-state index contributed by atoms with van der Waals surface area (Å²) < 4.78 is 12.8. The number of nitrogens with two attached hydrogens (primary N) is 1. The molecule has 6 heteroatoms. The van der Waals surface area contributed by atoms with Gasteiger partial charge < -0.3 is 5.73 Å². The Balaban J connectivity index is 2.15. The van der Waals surface area contributed by atoms with E-state index in [9.17, 15) is 4.39 Å². The Hall–Kier alpha value is -2.13. The summed E-state index contributed by atoms with van der Waals surface area (Å²) in [5.41, 5.74) is 6.86. The average molecular weight is 274 g/mol. The molecule has 0 bridgehead atoms. The van der Waals surface area contributed by atoms with Crippen LogP contribution in [0.1, 0.15) is 23.3 Å². The first-order valence-corrected chi connectivity index (χ1v) is 6.43. The van der Waals surface area contributed by atoms with Crippen LogP contribution in [0, 0.1) is 17.1 Å². The van der Waals surface area contributed by atoms with Gasteiger partial charge in [-0.15, -0.1) is 0 Å². The molecule has 0 saturated carbocycles. The smallest absolute Gasteiger partial charge is 0.190 e. The van der Waals surface area contributed by atoms with E-state index in [0.29, 0.717) is 5.16 Å². The number of nitrogens with zero attached hydrogens (tertiary/aromatic N) is 3. The van der Waals surface area contributed by atoms with Crippen molar-refractivity contribution >= 4 is 17.6 Å². The third-order valence-electron chi connectivity index (χ3n) is 2.54. The lowest BCUT2D eigenvalue weighted by atomic mass is 10.2. The number of aromatic nitrogens is 2. The van der Waals surface area contributed by atoms with Crippen molar-refractivity contribution in [2.24, 2.45) is 0 Å². The predicted octanol–water partition coefficient (Wildman–Crippen LogP) is 2.92. The Morgan fingerprint density at radius 1 is 1.37 bits per heavy atom. The van der Waals surface area contributed by atoms with Crippen LogP contribution in [-0.2, 0) is 0 Å².